The summed E-state index contributed by atoms with van der Waals surface area (Å²) in [5, 5.41) is 3.37. The first-order chi connectivity index (χ1) is 17.2. The zero-order valence-electron chi connectivity index (χ0n) is 23.1. The third-order valence-corrected chi connectivity index (χ3v) is 8.12. The molecule has 4 aliphatic rings. The van der Waals surface area contributed by atoms with Crippen LogP contribution in [0.3, 0.4) is 0 Å². The number of amides is 2. The van der Waals surface area contributed by atoms with Gasteiger partial charge in [0.2, 0.25) is 11.8 Å². The lowest BCUT2D eigenvalue weighted by atomic mass is 9.92. The minimum atomic E-state index is -0.587. The van der Waals surface area contributed by atoms with Crippen molar-refractivity contribution in [3.05, 3.63) is 12.2 Å². The maximum absolute atomic E-state index is 14.0. The van der Waals surface area contributed by atoms with Crippen molar-refractivity contribution in [3.63, 3.8) is 0 Å². The smallest absolute Gasteiger partial charge is 0.245 e. The zero-order valence-corrected chi connectivity index (χ0v) is 23.1. The summed E-state index contributed by atoms with van der Waals surface area (Å²) in [6.45, 7) is 17.0. The molecule has 0 radical (unpaired) electrons. The van der Waals surface area contributed by atoms with Gasteiger partial charge in [0.25, 0.3) is 0 Å². The van der Waals surface area contributed by atoms with Gasteiger partial charge in [-0.05, 0) is 31.6 Å². The largest absolute Gasteiger partial charge is 0.349 e. The predicted octanol–water partition coefficient (Wildman–Crippen LogP) is 2.49. The molecule has 3 saturated heterocycles. The second-order valence-corrected chi connectivity index (χ2v) is 12.2. The summed E-state index contributed by atoms with van der Waals surface area (Å²) in [7, 11) is 0. The molecular formula is C28H48N4O4. The fraction of sp³-hybridized carbons (Fsp3) is 0.857. The van der Waals surface area contributed by atoms with Crippen molar-refractivity contribution in [2.75, 3.05) is 52.5 Å². The van der Waals surface area contributed by atoms with Gasteiger partial charge in [-0.25, -0.2) is 0 Å². The standard InChI is InChI=1S/C28H48N4O4/c1-20(2)14-24-26(33)32(13-9-29-24)25(15-21(3)4)27(34)31-12-8-28(16-22(31)5)35-18-23(19-36-28)17-30-10-6-7-11-30/h6-7,20-25,29H,8-19H2,1-5H3/t22-,23?,24-,25-,28?/m0/s1. The minimum absolute atomic E-state index is 0.00437. The monoisotopic (exact) mass is 504 g/mol. The number of piperidine rings is 1. The summed E-state index contributed by atoms with van der Waals surface area (Å²) in [6.07, 6.45) is 7.27. The summed E-state index contributed by atoms with van der Waals surface area (Å²) in [6, 6.07) is -0.598. The minimum Gasteiger partial charge on any atom is -0.349 e. The van der Waals surface area contributed by atoms with Crippen molar-refractivity contribution >= 4 is 11.8 Å². The summed E-state index contributed by atoms with van der Waals surface area (Å²) >= 11 is 0. The molecule has 0 aromatic carbocycles. The SMILES string of the molecule is CC(C)C[C@@H]1NCCN([C@@H](CC(C)C)C(=O)N2CCC3(C[C@@H]2C)OCC(CN2CC=CC2)CO3)C1=O. The zero-order chi connectivity index (χ0) is 25.9. The molecule has 4 aliphatic heterocycles. The highest BCUT2D eigenvalue weighted by atomic mass is 16.7. The Kier molecular flexibility index (Phi) is 9.13. The number of nitrogens with zero attached hydrogens (tertiary/aromatic N) is 3. The topological polar surface area (TPSA) is 74.3 Å². The first-order valence-electron chi connectivity index (χ1n) is 14.2. The molecule has 1 spiro atoms. The molecule has 1 N–H and O–H groups in total. The van der Waals surface area contributed by atoms with Crippen LogP contribution in [0, 0.1) is 17.8 Å². The van der Waals surface area contributed by atoms with E-state index in [2.05, 4.69) is 57.0 Å². The van der Waals surface area contributed by atoms with Crippen LogP contribution in [0.15, 0.2) is 12.2 Å². The van der Waals surface area contributed by atoms with Gasteiger partial charge in [0.15, 0.2) is 5.79 Å². The van der Waals surface area contributed by atoms with Gasteiger partial charge in [0.1, 0.15) is 6.04 Å². The maximum atomic E-state index is 14.0. The van der Waals surface area contributed by atoms with Gasteiger partial charge >= 0.3 is 0 Å². The number of rotatable bonds is 8. The van der Waals surface area contributed by atoms with Gasteiger partial charge in [-0.15, -0.1) is 0 Å². The number of carbonyl (C=O) groups is 2. The summed E-state index contributed by atoms with van der Waals surface area (Å²) in [5.74, 6) is 0.707. The van der Waals surface area contributed by atoms with Crippen LogP contribution in [-0.4, -0.2) is 103 Å². The van der Waals surface area contributed by atoms with Crippen molar-refractivity contribution in [1.82, 2.24) is 20.0 Å². The Labute approximate surface area is 217 Å². The van der Waals surface area contributed by atoms with Crippen LogP contribution in [0.25, 0.3) is 0 Å². The average molecular weight is 505 g/mol. The summed E-state index contributed by atoms with van der Waals surface area (Å²) < 4.78 is 12.7. The van der Waals surface area contributed by atoms with Crippen LogP contribution in [0.1, 0.15) is 60.3 Å². The number of hydrogen-bond acceptors (Lipinski definition) is 6. The van der Waals surface area contributed by atoms with E-state index in [1.54, 1.807) is 0 Å². The van der Waals surface area contributed by atoms with Crippen LogP contribution < -0.4 is 5.32 Å². The first kappa shape index (κ1) is 27.6. The third kappa shape index (κ3) is 6.50. The molecule has 8 nitrogen and oxygen atoms in total. The lowest BCUT2D eigenvalue weighted by molar-refractivity contribution is -0.303. The van der Waals surface area contributed by atoms with E-state index in [-0.39, 0.29) is 23.9 Å². The third-order valence-electron chi connectivity index (χ3n) is 8.12. The van der Waals surface area contributed by atoms with E-state index in [9.17, 15) is 9.59 Å². The van der Waals surface area contributed by atoms with Crippen molar-refractivity contribution < 1.29 is 19.1 Å². The molecule has 0 unspecified atom stereocenters. The van der Waals surface area contributed by atoms with Gasteiger partial charge in [0.05, 0.1) is 19.3 Å². The van der Waals surface area contributed by atoms with Crippen LogP contribution in [0.2, 0.25) is 0 Å². The second-order valence-electron chi connectivity index (χ2n) is 12.2. The fourth-order valence-electron chi connectivity index (χ4n) is 6.25. The van der Waals surface area contributed by atoms with E-state index < -0.39 is 11.8 Å². The molecule has 3 fully saturated rings. The van der Waals surface area contributed by atoms with Crippen LogP contribution >= 0.6 is 0 Å². The van der Waals surface area contributed by atoms with Crippen molar-refractivity contribution in [2.45, 2.75) is 84.2 Å². The number of nitrogens with one attached hydrogen (secondary N) is 1. The predicted molar refractivity (Wildman–Crippen MR) is 140 cm³/mol. The molecule has 4 rings (SSSR count). The van der Waals surface area contributed by atoms with Gasteiger partial charge in [-0.3, -0.25) is 14.5 Å². The number of ether oxygens (including phenoxy) is 2. The van der Waals surface area contributed by atoms with Gasteiger partial charge < -0.3 is 24.6 Å². The van der Waals surface area contributed by atoms with Crippen molar-refractivity contribution in [3.8, 4) is 0 Å². The molecule has 3 atom stereocenters. The second kappa shape index (κ2) is 11.9. The molecule has 0 bridgehead atoms. The highest BCUT2D eigenvalue weighted by Gasteiger charge is 2.47. The van der Waals surface area contributed by atoms with Crippen LogP contribution in [0.4, 0.5) is 0 Å². The molecule has 8 heteroatoms. The highest BCUT2D eigenvalue weighted by Crippen LogP contribution is 2.36. The maximum Gasteiger partial charge on any atom is 0.245 e. The Morgan fingerprint density at radius 2 is 1.81 bits per heavy atom. The fourth-order valence-corrected chi connectivity index (χ4v) is 6.25. The normalized spacial score (nSPS) is 32.8. The Morgan fingerprint density at radius 1 is 1.11 bits per heavy atom. The van der Waals surface area contributed by atoms with Gasteiger partial charge in [0, 0.05) is 64.1 Å². The lowest BCUT2D eigenvalue weighted by Crippen LogP contribution is -2.64. The molecule has 0 aromatic heterocycles. The van der Waals surface area contributed by atoms with E-state index in [4.69, 9.17) is 9.47 Å². The highest BCUT2D eigenvalue weighted by molar-refractivity contribution is 5.90. The molecule has 2 amide bonds. The lowest BCUT2D eigenvalue weighted by Gasteiger charge is -2.49. The summed E-state index contributed by atoms with van der Waals surface area (Å²) in [5.41, 5.74) is 0. The number of hydrogen-bond donors (Lipinski definition) is 1. The van der Waals surface area contributed by atoms with Gasteiger partial charge in [-0.2, -0.15) is 0 Å². The quantitative estimate of drug-likeness (QED) is 0.512. The van der Waals surface area contributed by atoms with E-state index in [0.717, 1.165) is 32.6 Å². The number of likely N-dealkylation sites (tertiary alicyclic amines) is 1. The van der Waals surface area contributed by atoms with E-state index in [1.165, 1.54) is 0 Å². The first-order valence-corrected chi connectivity index (χ1v) is 14.2. The number of carbonyl (C=O) groups excluding carboxylic acids is 2. The molecule has 4 heterocycles. The molecule has 0 aliphatic carbocycles. The van der Waals surface area contributed by atoms with Crippen molar-refractivity contribution in [1.29, 1.82) is 0 Å². The Bertz CT molecular complexity index is 784. The average Bonchev–Trinajstić information content (AvgIpc) is 3.33. The van der Waals surface area contributed by atoms with Gasteiger partial charge in [-0.1, -0.05) is 39.8 Å². The van der Waals surface area contributed by atoms with E-state index in [0.29, 0.717) is 63.3 Å². The molecule has 0 aromatic rings. The van der Waals surface area contributed by atoms with E-state index >= 15 is 0 Å². The van der Waals surface area contributed by atoms with Crippen LogP contribution in [-0.2, 0) is 19.1 Å². The van der Waals surface area contributed by atoms with Crippen LogP contribution in [0.5, 0.6) is 0 Å². The molecule has 36 heavy (non-hydrogen) atoms. The molecule has 0 saturated carbocycles. The van der Waals surface area contributed by atoms with Crippen molar-refractivity contribution in [2.24, 2.45) is 17.8 Å². The molecule has 204 valence electrons. The summed E-state index contributed by atoms with van der Waals surface area (Å²) in [4.78, 5) is 33.6. The van der Waals surface area contributed by atoms with E-state index in [1.807, 2.05) is 9.80 Å². The Morgan fingerprint density at radius 3 is 2.42 bits per heavy atom. The Balaban J connectivity index is 1.37. The Hall–Kier alpha value is -1.48. The molecular weight excluding hydrogens is 456 g/mol. The number of piperazine rings is 1.